The maximum Gasteiger partial charge on any atom is 0.257 e. The van der Waals surface area contributed by atoms with Crippen LogP contribution in [0, 0.1) is 5.92 Å². The van der Waals surface area contributed by atoms with Gasteiger partial charge in [0.05, 0.1) is 12.2 Å². The number of carbonyl (C=O) groups excluding carboxylic acids is 1. The number of aromatic hydroxyl groups is 2. The SMILES string of the molecule is COCC1CCCN(C(=O)c2ccc(O)cc2O)C1. The molecule has 0 bridgehead atoms. The fourth-order valence-corrected chi connectivity index (χ4v) is 2.49. The standard InChI is InChI=1S/C14H19NO4/c1-19-9-10-3-2-6-15(8-10)14(18)12-5-4-11(16)7-13(12)17/h4-5,7,10,16-17H,2-3,6,8-9H2,1H3. The molecule has 1 unspecified atom stereocenters. The van der Waals surface area contributed by atoms with Gasteiger partial charge in [0.1, 0.15) is 11.5 Å². The molecule has 2 N–H and O–H groups in total. The van der Waals surface area contributed by atoms with E-state index in [1.165, 1.54) is 18.2 Å². The van der Waals surface area contributed by atoms with Crippen molar-refractivity contribution in [1.29, 1.82) is 0 Å². The highest BCUT2D eigenvalue weighted by Gasteiger charge is 2.25. The van der Waals surface area contributed by atoms with E-state index in [0.717, 1.165) is 12.8 Å². The molecule has 1 aromatic carbocycles. The van der Waals surface area contributed by atoms with E-state index >= 15 is 0 Å². The summed E-state index contributed by atoms with van der Waals surface area (Å²) in [5.41, 5.74) is 0.232. The van der Waals surface area contributed by atoms with E-state index in [1.54, 1.807) is 12.0 Å². The first kappa shape index (κ1) is 13.7. The zero-order chi connectivity index (χ0) is 13.8. The Balaban J connectivity index is 2.10. The number of likely N-dealkylation sites (tertiary alicyclic amines) is 1. The van der Waals surface area contributed by atoms with Gasteiger partial charge in [-0.05, 0) is 30.9 Å². The molecule has 0 saturated carbocycles. The highest BCUT2D eigenvalue weighted by Crippen LogP contribution is 2.26. The largest absolute Gasteiger partial charge is 0.508 e. The number of phenols is 2. The molecule has 0 spiro atoms. The molecule has 1 amide bonds. The van der Waals surface area contributed by atoms with Gasteiger partial charge in [0.25, 0.3) is 5.91 Å². The molecule has 1 saturated heterocycles. The van der Waals surface area contributed by atoms with Crippen LogP contribution in [0.3, 0.4) is 0 Å². The summed E-state index contributed by atoms with van der Waals surface area (Å²) < 4.78 is 5.13. The summed E-state index contributed by atoms with van der Waals surface area (Å²) in [6, 6.07) is 4.04. The number of hydrogen-bond acceptors (Lipinski definition) is 4. The van der Waals surface area contributed by atoms with Gasteiger partial charge >= 0.3 is 0 Å². The first-order valence-corrected chi connectivity index (χ1v) is 6.42. The molecule has 1 aliphatic rings. The van der Waals surface area contributed by atoms with Crippen LogP contribution in [0.4, 0.5) is 0 Å². The first-order valence-electron chi connectivity index (χ1n) is 6.42. The number of rotatable bonds is 3. The van der Waals surface area contributed by atoms with Gasteiger partial charge in [-0.15, -0.1) is 0 Å². The molecule has 5 nitrogen and oxygen atoms in total. The number of nitrogens with zero attached hydrogens (tertiary/aromatic N) is 1. The summed E-state index contributed by atoms with van der Waals surface area (Å²) in [5.74, 6) is -0.0796. The van der Waals surface area contributed by atoms with Crippen molar-refractivity contribution in [3.05, 3.63) is 23.8 Å². The summed E-state index contributed by atoms with van der Waals surface area (Å²) in [6.07, 6.45) is 2.00. The van der Waals surface area contributed by atoms with E-state index < -0.39 is 0 Å². The van der Waals surface area contributed by atoms with Crippen LogP contribution in [0.1, 0.15) is 23.2 Å². The van der Waals surface area contributed by atoms with Crippen molar-refractivity contribution in [1.82, 2.24) is 4.90 Å². The van der Waals surface area contributed by atoms with Crippen molar-refractivity contribution >= 4 is 5.91 Å². The Kier molecular flexibility index (Phi) is 4.27. The molecule has 5 heteroatoms. The third-order valence-electron chi connectivity index (χ3n) is 3.42. The second-order valence-corrected chi connectivity index (χ2v) is 4.92. The Bertz CT molecular complexity index is 459. The van der Waals surface area contributed by atoms with Crippen LogP contribution in [0.5, 0.6) is 11.5 Å². The molecule has 1 atom stereocenters. The Labute approximate surface area is 112 Å². The third kappa shape index (κ3) is 3.17. The van der Waals surface area contributed by atoms with Gasteiger partial charge in [-0.25, -0.2) is 0 Å². The monoisotopic (exact) mass is 265 g/mol. The third-order valence-corrected chi connectivity index (χ3v) is 3.42. The van der Waals surface area contributed by atoms with Crippen LogP contribution < -0.4 is 0 Å². The second-order valence-electron chi connectivity index (χ2n) is 4.92. The van der Waals surface area contributed by atoms with Gasteiger partial charge in [0, 0.05) is 26.3 Å². The number of hydrogen-bond donors (Lipinski definition) is 2. The summed E-state index contributed by atoms with van der Waals surface area (Å²) >= 11 is 0. The van der Waals surface area contributed by atoms with Gasteiger partial charge in [-0.1, -0.05) is 0 Å². The minimum atomic E-state index is -0.196. The lowest BCUT2D eigenvalue weighted by Crippen LogP contribution is -2.41. The molecule has 19 heavy (non-hydrogen) atoms. The molecule has 0 aliphatic carbocycles. The molecule has 104 valence electrons. The lowest BCUT2D eigenvalue weighted by atomic mass is 9.98. The van der Waals surface area contributed by atoms with Crippen LogP contribution in [-0.2, 0) is 4.74 Å². The fourth-order valence-electron chi connectivity index (χ4n) is 2.49. The van der Waals surface area contributed by atoms with Crippen molar-refractivity contribution in [2.45, 2.75) is 12.8 Å². The second kappa shape index (κ2) is 5.93. The highest BCUT2D eigenvalue weighted by atomic mass is 16.5. The number of phenolic OH excluding ortho intramolecular Hbond substituents is 2. The normalized spacial score (nSPS) is 19.4. The Hall–Kier alpha value is -1.75. The van der Waals surface area contributed by atoms with Crippen LogP contribution in [0.15, 0.2) is 18.2 Å². The van der Waals surface area contributed by atoms with Crippen LogP contribution in [0.2, 0.25) is 0 Å². The fraction of sp³-hybridized carbons (Fsp3) is 0.500. The molecule has 0 aromatic heterocycles. The van der Waals surface area contributed by atoms with E-state index in [1.807, 2.05) is 0 Å². The number of amides is 1. The van der Waals surface area contributed by atoms with Gasteiger partial charge in [-0.3, -0.25) is 4.79 Å². The van der Waals surface area contributed by atoms with E-state index in [9.17, 15) is 15.0 Å². The zero-order valence-electron chi connectivity index (χ0n) is 11.0. The number of carbonyl (C=O) groups is 1. The maximum absolute atomic E-state index is 12.3. The van der Waals surface area contributed by atoms with Crippen molar-refractivity contribution in [3.63, 3.8) is 0 Å². The average Bonchev–Trinajstić information content (AvgIpc) is 2.39. The van der Waals surface area contributed by atoms with E-state index in [-0.39, 0.29) is 23.0 Å². The molecule has 0 radical (unpaired) electrons. The molecular formula is C14H19NO4. The lowest BCUT2D eigenvalue weighted by Gasteiger charge is -2.32. The molecule has 1 heterocycles. The van der Waals surface area contributed by atoms with Gasteiger partial charge < -0.3 is 19.8 Å². The van der Waals surface area contributed by atoms with Crippen LogP contribution in [-0.4, -0.2) is 47.8 Å². The molecule has 1 aliphatic heterocycles. The number of methoxy groups -OCH3 is 1. The predicted octanol–water partition coefficient (Wildman–Crippen LogP) is 1.60. The Morgan fingerprint density at radius 2 is 2.26 bits per heavy atom. The number of benzene rings is 1. The van der Waals surface area contributed by atoms with E-state index in [2.05, 4.69) is 0 Å². The van der Waals surface area contributed by atoms with Gasteiger partial charge in [0.2, 0.25) is 0 Å². The highest BCUT2D eigenvalue weighted by molar-refractivity contribution is 5.97. The topological polar surface area (TPSA) is 70.0 Å². The summed E-state index contributed by atoms with van der Waals surface area (Å²) in [4.78, 5) is 14.1. The summed E-state index contributed by atoms with van der Waals surface area (Å²) in [7, 11) is 1.66. The van der Waals surface area contributed by atoms with Crippen molar-refractivity contribution in [2.24, 2.45) is 5.92 Å². The average molecular weight is 265 g/mol. The molecule has 2 rings (SSSR count). The van der Waals surface area contributed by atoms with E-state index in [0.29, 0.717) is 25.6 Å². The maximum atomic E-state index is 12.3. The van der Waals surface area contributed by atoms with E-state index in [4.69, 9.17) is 4.74 Å². The van der Waals surface area contributed by atoms with Crippen molar-refractivity contribution in [3.8, 4) is 11.5 Å². The van der Waals surface area contributed by atoms with Crippen LogP contribution in [0.25, 0.3) is 0 Å². The Morgan fingerprint density at radius 3 is 2.95 bits per heavy atom. The van der Waals surface area contributed by atoms with Gasteiger partial charge in [-0.2, -0.15) is 0 Å². The minimum Gasteiger partial charge on any atom is -0.508 e. The lowest BCUT2D eigenvalue weighted by molar-refractivity contribution is 0.0568. The number of piperidine rings is 1. The minimum absolute atomic E-state index is 0.0510. The first-order chi connectivity index (χ1) is 9.11. The predicted molar refractivity (Wildman–Crippen MR) is 70.3 cm³/mol. The number of ether oxygens (including phenoxy) is 1. The van der Waals surface area contributed by atoms with Crippen molar-refractivity contribution in [2.75, 3.05) is 26.8 Å². The quantitative estimate of drug-likeness (QED) is 0.871. The van der Waals surface area contributed by atoms with Crippen molar-refractivity contribution < 1.29 is 19.7 Å². The molecule has 1 aromatic rings. The Morgan fingerprint density at radius 1 is 1.47 bits per heavy atom. The summed E-state index contributed by atoms with van der Waals surface area (Å²) in [6.45, 7) is 1.98. The van der Waals surface area contributed by atoms with Gasteiger partial charge in [0.15, 0.2) is 0 Å². The smallest absolute Gasteiger partial charge is 0.257 e. The zero-order valence-corrected chi connectivity index (χ0v) is 11.0. The molecule has 1 fully saturated rings. The molecular weight excluding hydrogens is 246 g/mol. The van der Waals surface area contributed by atoms with Crippen LogP contribution >= 0.6 is 0 Å². The summed E-state index contributed by atoms with van der Waals surface area (Å²) in [5, 5.41) is 19.0.